The van der Waals surface area contributed by atoms with Crippen LogP contribution in [-0.2, 0) is 18.9 Å². The fourth-order valence-electron chi connectivity index (χ4n) is 11.2. The molecule has 41 heavy (non-hydrogen) atoms. The quantitative estimate of drug-likeness (QED) is 0.369. The molecule has 8 heteroatoms. The number of aliphatic hydroxyl groups excluding tert-OH is 4. The monoisotopic (exact) mass is 576 g/mol. The number of rotatable bonds is 2. The zero-order valence-electron chi connectivity index (χ0n) is 25.4. The molecule has 3 heterocycles. The number of ether oxygens (including phenoxy) is 4. The summed E-state index contributed by atoms with van der Waals surface area (Å²) in [6, 6.07) is 0. The van der Waals surface area contributed by atoms with Gasteiger partial charge in [-0.3, -0.25) is 0 Å². The smallest absolute Gasteiger partial charge is 0.186 e. The SMILES string of the molecule is C[C@H]1CC[C@@]2(OC1)O[C@H]1C[C@@H]3[C@H]4CC=C5C[C@@H](O)C[C@@H](O[C@@H]6O[C@@H](C)[C@H](O)[C@@H](O)[C@H]6O)[C@]5(C)[C@@H]4CC[C@]3(C)[C@H]1[C@@H]2C. The minimum atomic E-state index is -1.35. The fourth-order valence-corrected chi connectivity index (χ4v) is 11.2. The van der Waals surface area contributed by atoms with Crippen molar-refractivity contribution in [2.45, 2.75) is 141 Å². The highest BCUT2D eigenvalue weighted by Crippen LogP contribution is 2.70. The zero-order valence-corrected chi connectivity index (χ0v) is 25.4. The van der Waals surface area contributed by atoms with Crippen LogP contribution < -0.4 is 0 Å². The molecule has 0 bridgehead atoms. The number of hydrogen-bond acceptors (Lipinski definition) is 8. The molecule has 4 aliphatic carbocycles. The lowest BCUT2D eigenvalue weighted by atomic mass is 9.46. The van der Waals surface area contributed by atoms with Gasteiger partial charge in [0, 0.05) is 24.2 Å². The minimum absolute atomic E-state index is 0.200. The molecule has 3 aliphatic heterocycles. The van der Waals surface area contributed by atoms with E-state index in [1.54, 1.807) is 6.92 Å². The molecule has 7 aliphatic rings. The first-order valence-corrected chi connectivity index (χ1v) is 16.4. The van der Waals surface area contributed by atoms with Gasteiger partial charge in [0.25, 0.3) is 0 Å². The molecule has 0 aromatic carbocycles. The van der Waals surface area contributed by atoms with Crippen molar-refractivity contribution < 1.29 is 39.4 Å². The van der Waals surface area contributed by atoms with E-state index < -0.39 is 42.6 Å². The Morgan fingerprint density at radius 2 is 1.71 bits per heavy atom. The van der Waals surface area contributed by atoms with Crippen LogP contribution in [0.25, 0.3) is 0 Å². The molecular formula is C33H52O8. The topological polar surface area (TPSA) is 118 Å². The van der Waals surface area contributed by atoms with Gasteiger partial charge in [0.2, 0.25) is 0 Å². The van der Waals surface area contributed by atoms with Crippen molar-refractivity contribution in [3.8, 4) is 0 Å². The van der Waals surface area contributed by atoms with E-state index in [1.165, 1.54) is 12.0 Å². The van der Waals surface area contributed by atoms with Gasteiger partial charge >= 0.3 is 0 Å². The Morgan fingerprint density at radius 1 is 0.927 bits per heavy atom. The Balaban J connectivity index is 1.15. The minimum Gasteiger partial charge on any atom is -0.393 e. The van der Waals surface area contributed by atoms with Crippen LogP contribution in [-0.4, -0.2) is 81.8 Å². The molecule has 3 saturated carbocycles. The Hall–Kier alpha value is -0.580. The highest BCUT2D eigenvalue weighted by molar-refractivity contribution is 5.28. The van der Waals surface area contributed by atoms with Gasteiger partial charge in [0.1, 0.15) is 18.3 Å². The van der Waals surface area contributed by atoms with Crippen LogP contribution in [0.2, 0.25) is 0 Å². The summed E-state index contributed by atoms with van der Waals surface area (Å²) < 4.78 is 25.9. The Kier molecular flexibility index (Phi) is 7.08. The standard InChI is InChI=1S/C33H52O8/c1-16-8-11-33(38-15-16)17(2)26-24(41-33)14-23-21-7-6-19-12-20(34)13-25(32(19,5)22(21)9-10-31(23,26)4)40-30-29(37)28(36)27(35)18(3)39-30/h6,16-18,20-30,34-37H,7-15H2,1-5H3/t16-,17-,18-,20+,21-,22+,23+,24-,25+,26-,27-,28+,29+,30-,31-,32-,33+/m0/s1. The van der Waals surface area contributed by atoms with Gasteiger partial charge in [-0.1, -0.05) is 39.3 Å². The largest absolute Gasteiger partial charge is 0.393 e. The van der Waals surface area contributed by atoms with E-state index in [0.29, 0.717) is 48.3 Å². The van der Waals surface area contributed by atoms with Crippen molar-refractivity contribution >= 4 is 0 Å². The normalized spacial score (nSPS) is 60.2. The van der Waals surface area contributed by atoms with Gasteiger partial charge in [-0.25, -0.2) is 0 Å². The maximum atomic E-state index is 10.9. The van der Waals surface area contributed by atoms with Gasteiger partial charge in [-0.05, 0) is 80.5 Å². The summed E-state index contributed by atoms with van der Waals surface area (Å²) in [5.74, 6) is 2.51. The third-order valence-electron chi connectivity index (χ3n) is 13.5. The van der Waals surface area contributed by atoms with E-state index in [4.69, 9.17) is 18.9 Å². The maximum Gasteiger partial charge on any atom is 0.186 e. The average molecular weight is 577 g/mol. The summed E-state index contributed by atoms with van der Waals surface area (Å²) in [5, 5.41) is 42.3. The summed E-state index contributed by atoms with van der Waals surface area (Å²) >= 11 is 0. The molecule has 0 aromatic rings. The van der Waals surface area contributed by atoms with Crippen LogP contribution in [0, 0.1) is 46.3 Å². The number of fused-ring (bicyclic) bond motifs is 7. The lowest BCUT2D eigenvalue weighted by Gasteiger charge is -2.60. The van der Waals surface area contributed by atoms with Crippen LogP contribution in [0.15, 0.2) is 11.6 Å². The first-order chi connectivity index (χ1) is 19.4. The number of aliphatic hydroxyl groups is 4. The van der Waals surface area contributed by atoms with E-state index in [1.807, 2.05) is 0 Å². The molecule has 7 rings (SSSR count). The lowest BCUT2D eigenvalue weighted by molar-refractivity contribution is -0.318. The molecule has 6 fully saturated rings. The maximum absolute atomic E-state index is 10.9. The van der Waals surface area contributed by atoms with Crippen molar-refractivity contribution in [1.82, 2.24) is 0 Å². The number of hydrogen-bond donors (Lipinski definition) is 4. The predicted molar refractivity (Wildman–Crippen MR) is 150 cm³/mol. The highest BCUT2D eigenvalue weighted by Gasteiger charge is 2.69. The second kappa shape index (κ2) is 9.96. The molecule has 4 N–H and O–H groups in total. The van der Waals surface area contributed by atoms with E-state index in [-0.39, 0.29) is 23.0 Å². The van der Waals surface area contributed by atoms with Crippen LogP contribution in [0.5, 0.6) is 0 Å². The molecule has 3 saturated heterocycles. The summed E-state index contributed by atoms with van der Waals surface area (Å²) in [6.45, 7) is 12.0. The van der Waals surface area contributed by atoms with Crippen molar-refractivity contribution in [2.24, 2.45) is 46.3 Å². The van der Waals surface area contributed by atoms with Crippen molar-refractivity contribution in [1.29, 1.82) is 0 Å². The summed E-state index contributed by atoms with van der Waals surface area (Å²) in [5.41, 5.74) is 1.16. The molecule has 0 amide bonds. The highest BCUT2D eigenvalue weighted by atomic mass is 16.7. The second-order valence-electron chi connectivity index (χ2n) is 15.5. The predicted octanol–water partition coefficient (Wildman–Crippen LogP) is 3.54. The lowest BCUT2D eigenvalue weighted by Crippen LogP contribution is -2.61. The molecule has 0 radical (unpaired) electrons. The van der Waals surface area contributed by atoms with E-state index in [0.717, 1.165) is 38.7 Å². The molecule has 0 aromatic heterocycles. The van der Waals surface area contributed by atoms with Crippen molar-refractivity contribution in [3.05, 3.63) is 11.6 Å². The van der Waals surface area contributed by atoms with Crippen LogP contribution in [0.4, 0.5) is 0 Å². The second-order valence-corrected chi connectivity index (χ2v) is 15.5. The van der Waals surface area contributed by atoms with Gasteiger partial charge in [0.15, 0.2) is 12.1 Å². The third-order valence-corrected chi connectivity index (χ3v) is 13.5. The first kappa shape index (κ1) is 29.1. The molecule has 8 nitrogen and oxygen atoms in total. The van der Waals surface area contributed by atoms with Gasteiger partial charge < -0.3 is 39.4 Å². The Labute approximate surface area is 244 Å². The van der Waals surface area contributed by atoms with E-state index in [2.05, 4.69) is 33.8 Å². The molecule has 232 valence electrons. The zero-order chi connectivity index (χ0) is 29.1. The van der Waals surface area contributed by atoms with E-state index in [9.17, 15) is 20.4 Å². The molecule has 17 atom stereocenters. The molecular weight excluding hydrogens is 524 g/mol. The van der Waals surface area contributed by atoms with Gasteiger partial charge in [-0.2, -0.15) is 0 Å². The van der Waals surface area contributed by atoms with Crippen LogP contribution in [0.1, 0.15) is 86.0 Å². The summed E-state index contributed by atoms with van der Waals surface area (Å²) in [7, 11) is 0. The number of allylic oxidation sites excluding steroid dienone is 1. The van der Waals surface area contributed by atoms with Crippen LogP contribution in [0.3, 0.4) is 0 Å². The molecule has 0 unspecified atom stereocenters. The fraction of sp³-hybridized carbons (Fsp3) is 0.939. The Bertz CT molecular complexity index is 1040. The third kappa shape index (κ3) is 4.14. The first-order valence-electron chi connectivity index (χ1n) is 16.4. The molecule has 1 spiro atoms. The summed E-state index contributed by atoms with van der Waals surface area (Å²) in [4.78, 5) is 0. The van der Waals surface area contributed by atoms with Gasteiger partial charge in [-0.15, -0.1) is 0 Å². The van der Waals surface area contributed by atoms with Crippen LogP contribution >= 0.6 is 0 Å². The van der Waals surface area contributed by atoms with Gasteiger partial charge in [0.05, 0.1) is 31.0 Å². The average Bonchev–Trinajstić information content (AvgIpc) is 3.38. The van der Waals surface area contributed by atoms with Crippen molar-refractivity contribution in [3.63, 3.8) is 0 Å². The van der Waals surface area contributed by atoms with Crippen molar-refractivity contribution in [2.75, 3.05) is 6.61 Å². The van der Waals surface area contributed by atoms with E-state index >= 15 is 0 Å². The summed E-state index contributed by atoms with van der Waals surface area (Å²) in [6.07, 6.45) is 3.78. The Morgan fingerprint density at radius 3 is 2.44 bits per heavy atom.